The number of halogens is 2. The molecule has 2 aromatic carbocycles. The highest BCUT2D eigenvalue weighted by Crippen LogP contribution is 2.19. The first kappa shape index (κ1) is 18.0. The molecule has 2 rings (SSSR count). The lowest BCUT2D eigenvalue weighted by Crippen LogP contribution is -2.43. The summed E-state index contributed by atoms with van der Waals surface area (Å²) < 4.78 is 0. The molecule has 24 heavy (non-hydrogen) atoms. The summed E-state index contributed by atoms with van der Waals surface area (Å²) >= 11 is 11.8. The van der Waals surface area contributed by atoms with Crippen LogP contribution < -0.4 is 10.7 Å². The third-order valence-corrected chi connectivity index (χ3v) is 3.68. The third-order valence-electron chi connectivity index (χ3n) is 3.12. The Morgan fingerprint density at radius 3 is 2.50 bits per heavy atom. The number of hydrogen-bond donors (Lipinski definition) is 2. The van der Waals surface area contributed by atoms with Gasteiger partial charge in [-0.15, -0.1) is 0 Å². The Bertz CT molecular complexity index is 764. The first-order chi connectivity index (χ1) is 11.5. The highest BCUT2D eigenvalue weighted by molar-refractivity contribution is 6.36. The van der Waals surface area contributed by atoms with E-state index in [9.17, 15) is 9.59 Å². The van der Waals surface area contributed by atoms with Crippen LogP contribution in [0.5, 0.6) is 0 Å². The van der Waals surface area contributed by atoms with Crippen molar-refractivity contribution in [2.24, 2.45) is 5.10 Å². The van der Waals surface area contributed by atoms with E-state index < -0.39 is 11.9 Å². The fourth-order valence-electron chi connectivity index (χ4n) is 1.80. The maximum absolute atomic E-state index is 12.0. The Morgan fingerprint density at radius 2 is 1.83 bits per heavy atom. The van der Waals surface area contributed by atoms with E-state index in [4.69, 9.17) is 23.2 Å². The highest BCUT2D eigenvalue weighted by atomic mass is 35.5. The largest absolute Gasteiger partial charge is 0.340 e. The smallest absolute Gasteiger partial charge is 0.262 e. The summed E-state index contributed by atoms with van der Waals surface area (Å²) in [6.07, 6.45) is 1.41. The molecule has 2 aromatic rings. The number of hydrogen-bond acceptors (Lipinski definition) is 3. The van der Waals surface area contributed by atoms with Gasteiger partial charge in [0.05, 0.1) is 11.2 Å². The summed E-state index contributed by atoms with van der Waals surface area (Å²) in [5.41, 5.74) is 3.45. The quantitative estimate of drug-likeness (QED) is 0.632. The van der Waals surface area contributed by atoms with Gasteiger partial charge in [0.2, 0.25) is 0 Å². The molecule has 2 amide bonds. The van der Waals surface area contributed by atoms with E-state index in [1.807, 2.05) is 6.07 Å². The minimum atomic E-state index is -0.740. The number of rotatable bonds is 5. The van der Waals surface area contributed by atoms with Crippen molar-refractivity contribution >= 4 is 41.2 Å². The second-order valence-corrected chi connectivity index (χ2v) is 5.80. The molecule has 124 valence electrons. The Balaban J connectivity index is 1.89. The molecular weight excluding hydrogens is 349 g/mol. The van der Waals surface area contributed by atoms with Gasteiger partial charge in [-0.25, -0.2) is 5.43 Å². The zero-order chi connectivity index (χ0) is 17.5. The third kappa shape index (κ3) is 5.08. The number of nitrogens with one attached hydrogen (secondary N) is 2. The van der Waals surface area contributed by atoms with Crippen LogP contribution >= 0.6 is 23.2 Å². The normalized spacial score (nSPS) is 12.0. The van der Waals surface area contributed by atoms with Crippen LogP contribution in [-0.4, -0.2) is 24.1 Å². The number of nitrogens with zero attached hydrogens (tertiary/aromatic N) is 1. The van der Waals surface area contributed by atoms with E-state index in [1.165, 1.54) is 6.21 Å². The van der Waals surface area contributed by atoms with Crippen molar-refractivity contribution in [3.63, 3.8) is 0 Å². The van der Waals surface area contributed by atoms with E-state index in [2.05, 4.69) is 15.8 Å². The van der Waals surface area contributed by atoms with Gasteiger partial charge in [-0.05, 0) is 31.2 Å². The van der Waals surface area contributed by atoms with Crippen LogP contribution in [0.4, 0.5) is 0 Å². The van der Waals surface area contributed by atoms with Crippen molar-refractivity contribution in [2.75, 3.05) is 0 Å². The van der Waals surface area contributed by atoms with E-state index in [0.717, 1.165) is 0 Å². The summed E-state index contributed by atoms with van der Waals surface area (Å²) in [7, 11) is 0. The molecule has 5 nitrogen and oxygen atoms in total. The molecule has 0 radical (unpaired) electrons. The van der Waals surface area contributed by atoms with Crippen LogP contribution in [-0.2, 0) is 4.79 Å². The number of amides is 2. The maximum Gasteiger partial charge on any atom is 0.262 e. The van der Waals surface area contributed by atoms with Crippen LogP contribution in [0.25, 0.3) is 0 Å². The SMILES string of the molecule is CC(NC(=O)c1ccccc1)C(=O)N/N=C\c1ccc(Cl)cc1Cl. The predicted octanol–water partition coefficient (Wildman–Crippen LogP) is 3.26. The number of benzene rings is 2. The fraction of sp³-hybridized carbons (Fsp3) is 0.118. The summed E-state index contributed by atoms with van der Waals surface area (Å²) in [5.74, 6) is -0.774. The van der Waals surface area contributed by atoms with Gasteiger partial charge >= 0.3 is 0 Å². The number of carbonyl (C=O) groups is 2. The lowest BCUT2D eigenvalue weighted by molar-refractivity contribution is -0.122. The monoisotopic (exact) mass is 363 g/mol. The van der Waals surface area contributed by atoms with Crippen molar-refractivity contribution < 1.29 is 9.59 Å². The molecule has 7 heteroatoms. The molecule has 1 atom stereocenters. The van der Waals surface area contributed by atoms with E-state index in [1.54, 1.807) is 49.4 Å². The van der Waals surface area contributed by atoms with Gasteiger partial charge in [0.15, 0.2) is 0 Å². The van der Waals surface area contributed by atoms with Gasteiger partial charge in [0.25, 0.3) is 11.8 Å². The standard InChI is InChI=1S/C17H15Cl2N3O2/c1-11(21-17(24)12-5-3-2-4-6-12)16(23)22-20-10-13-7-8-14(18)9-15(13)19/h2-11H,1H3,(H,21,24)(H,22,23)/b20-10-. The number of carbonyl (C=O) groups excluding carboxylic acids is 2. The van der Waals surface area contributed by atoms with Crippen molar-refractivity contribution in [1.82, 2.24) is 10.7 Å². The van der Waals surface area contributed by atoms with E-state index in [0.29, 0.717) is 21.2 Å². The Hall–Kier alpha value is -2.37. The van der Waals surface area contributed by atoms with Crippen LogP contribution in [0, 0.1) is 0 Å². The van der Waals surface area contributed by atoms with Gasteiger partial charge in [-0.1, -0.05) is 47.5 Å². The number of hydrazone groups is 1. The molecule has 0 spiro atoms. The van der Waals surface area contributed by atoms with Gasteiger partial charge in [-0.3, -0.25) is 9.59 Å². The minimum absolute atomic E-state index is 0.331. The van der Waals surface area contributed by atoms with Crippen LogP contribution in [0.1, 0.15) is 22.8 Å². The lowest BCUT2D eigenvalue weighted by atomic mass is 10.2. The molecule has 0 aliphatic carbocycles. The van der Waals surface area contributed by atoms with Gasteiger partial charge < -0.3 is 5.32 Å². The van der Waals surface area contributed by atoms with Gasteiger partial charge in [0.1, 0.15) is 6.04 Å². The Morgan fingerprint density at radius 1 is 1.12 bits per heavy atom. The molecule has 0 aliphatic rings. The molecule has 0 aromatic heterocycles. The average molecular weight is 364 g/mol. The summed E-state index contributed by atoms with van der Waals surface area (Å²) in [5, 5.41) is 7.36. The zero-order valence-electron chi connectivity index (χ0n) is 12.8. The van der Waals surface area contributed by atoms with Crippen molar-refractivity contribution in [3.8, 4) is 0 Å². The van der Waals surface area contributed by atoms with Crippen LogP contribution in [0.3, 0.4) is 0 Å². The molecule has 0 aliphatic heterocycles. The minimum Gasteiger partial charge on any atom is -0.340 e. The molecule has 0 bridgehead atoms. The lowest BCUT2D eigenvalue weighted by Gasteiger charge is -2.12. The van der Waals surface area contributed by atoms with Gasteiger partial charge in [0, 0.05) is 16.1 Å². The molecule has 0 saturated carbocycles. The average Bonchev–Trinajstić information content (AvgIpc) is 2.57. The Kier molecular flexibility index (Phi) is 6.35. The van der Waals surface area contributed by atoms with Crippen molar-refractivity contribution in [2.45, 2.75) is 13.0 Å². The fourth-order valence-corrected chi connectivity index (χ4v) is 2.26. The summed E-state index contributed by atoms with van der Waals surface area (Å²) in [6.45, 7) is 1.57. The van der Waals surface area contributed by atoms with Crippen molar-refractivity contribution in [1.29, 1.82) is 0 Å². The summed E-state index contributed by atoms with van der Waals surface area (Å²) in [4.78, 5) is 23.9. The Labute approximate surface area is 149 Å². The van der Waals surface area contributed by atoms with E-state index in [-0.39, 0.29) is 5.91 Å². The first-order valence-electron chi connectivity index (χ1n) is 7.11. The van der Waals surface area contributed by atoms with Crippen LogP contribution in [0.2, 0.25) is 10.0 Å². The molecular formula is C17H15Cl2N3O2. The predicted molar refractivity (Wildman–Crippen MR) is 95.6 cm³/mol. The summed E-state index contributed by atoms with van der Waals surface area (Å²) in [6, 6.07) is 12.8. The van der Waals surface area contributed by atoms with Crippen molar-refractivity contribution in [3.05, 3.63) is 69.7 Å². The molecule has 1 unspecified atom stereocenters. The zero-order valence-corrected chi connectivity index (χ0v) is 14.3. The first-order valence-corrected chi connectivity index (χ1v) is 7.87. The highest BCUT2D eigenvalue weighted by Gasteiger charge is 2.15. The maximum atomic E-state index is 12.0. The molecule has 0 fully saturated rings. The molecule has 2 N–H and O–H groups in total. The molecule has 0 saturated heterocycles. The second-order valence-electron chi connectivity index (χ2n) is 4.96. The van der Waals surface area contributed by atoms with Crippen LogP contribution in [0.15, 0.2) is 53.6 Å². The second kappa shape index (κ2) is 8.47. The van der Waals surface area contributed by atoms with Gasteiger partial charge in [-0.2, -0.15) is 5.10 Å². The molecule has 0 heterocycles. The van der Waals surface area contributed by atoms with E-state index >= 15 is 0 Å². The topological polar surface area (TPSA) is 70.6 Å².